The Balaban J connectivity index is 1.33. The third-order valence-electron chi connectivity index (χ3n) is 8.26. The zero-order chi connectivity index (χ0) is 30.1. The smallest absolute Gasteiger partial charge is 0.462 e. The number of hydrogen-bond acceptors (Lipinski definition) is 7. The first-order chi connectivity index (χ1) is 20.0. The van der Waals surface area contributed by atoms with E-state index in [9.17, 15) is 9.59 Å². The zero-order valence-corrected chi connectivity index (χ0v) is 24.7. The molecule has 0 aromatic heterocycles. The molecule has 0 unspecified atom stereocenters. The van der Waals surface area contributed by atoms with Crippen molar-refractivity contribution in [2.24, 2.45) is 0 Å². The first-order valence-electron chi connectivity index (χ1n) is 14.2. The Morgan fingerprint density at radius 1 is 0.929 bits per heavy atom. The minimum absolute atomic E-state index is 0.0441. The largest absolute Gasteiger partial charge is 0.492 e. The molecule has 1 saturated heterocycles. The van der Waals surface area contributed by atoms with Gasteiger partial charge in [-0.3, -0.25) is 0 Å². The number of fused-ring (bicyclic) bond motifs is 3. The number of nitrogens with two attached hydrogens (primary N) is 1. The molecule has 5 rings (SSSR count). The molecule has 3 aromatic carbocycles. The fourth-order valence-corrected chi connectivity index (χ4v) is 5.28. The first-order valence-corrected chi connectivity index (χ1v) is 14.2. The number of amides is 1. The molecule has 1 aliphatic carbocycles. The second-order valence-corrected chi connectivity index (χ2v) is 11.6. The molecule has 1 fully saturated rings. The maximum atomic E-state index is 13.0. The summed E-state index contributed by atoms with van der Waals surface area (Å²) in [5, 5.41) is 2.87. The number of benzene rings is 3. The van der Waals surface area contributed by atoms with Crippen LogP contribution in [0.5, 0.6) is 0 Å². The molecular formula is C33H37BN2O6. The number of carbonyl (C=O) groups is 2. The fraction of sp³-hybridized carbons (Fsp3) is 0.333. The van der Waals surface area contributed by atoms with Crippen molar-refractivity contribution in [2.75, 3.05) is 25.5 Å². The monoisotopic (exact) mass is 568 g/mol. The predicted molar refractivity (Wildman–Crippen MR) is 164 cm³/mol. The predicted octanol–water partition coefficient (Wildman–Crippen LogP) is 6.00. The van der Waals surface area contributed by atoms with Crippen LogP contribution in [0.25, 0.3) is 17.2 Å². The molecule has 9 heteroatoms. The lowest BCUT2D eigenvalue weighted by Gasteiger charge is -2.32. The summed E-state index contributed by atoms with van der Waals surface area (Å²) in [6.07, 6.45) is 1.28. The lowest BCUT2D eigenvalue weighted by Crippen LogP contribution is -2.41. The molecular weight excluding hydrogens is 531 g/mol. The van der Waals surface area contributed by atoms with Crippen LogP contribution in [-0.2, 0) is 18.8 Å². The minimum atomic E-state index is -0.729. The number of hydrogen-bond donors (Lipinski definition) is 2. The number of esters is 1. The lowest BCUT2D eigenvalue weighted by molar-refractivity contribution is 0.00578. The van der Waals surface area contributed by atoms with Crippen molar-refractivity contribution >= 4 is 30.9 Å². The highest BCUT2D eigenvalue weighted by atomic mass is 16.7. The van der Waals surface area contributed by atoms with Gasteiger partial charge in [0.1, 0.15) is 6.61 Å². The summed E-state index contributed by atoms with van der Waals surface area (Å²) in [5.74, 6) is -0.545. The first kappa shape index (κ1) is 29.4. The van der Waals surface area contributed by atoms with Gasteiger partial charge in [0.25, 0.3) is 0 Å². The molecule has 0 saturated carbocycles. The number of nitrogens with one attached hydrogen (secondary N) is 1. The van der Waals surface area contributed by atoms with Crippen LogP contribution < -0.4 is 11.1 Å². The van der Waals surface area contributed by atoms with Crippen molar-refractivity contribution in [1.29, 1.82) is 0 Å². The average molecular weight is 568 g/mol. The van der Waals surface area contributed by atoms with Gasteiger partial charge in [0.15, 0.2) is 0 Å². The summed E-state index contributed by atoms with van der Waals surface area (Å²) in [4.78, 5) is 25.4. The van der Waals surface area contributed by atoms with Crippen LogP contribution in [0, 0.1) is 0 Å². The van der Waals surface area contributed by atoms with Crippen LogP contribution in [-0.4, -0.2) is 50.1 Å². The van der Waals surface area contributed by atoms with Gasteiger partial charge in [-0.2, -0.15) is 0 Å². The quantitative estimate of drug-likeness (QED) is 0.195. The maximum Gasteiger partial charge on any atom is 0.492 e. The van der Waals surface area contributed by atoms with Crippen LogP contribution in [0.15, 0.2) is 72.2 Å². The third kappa shape index (κ3) is 5.80. The van der Waals surface area contributed by atoms with Gasteiger partial charge in [0.05, 0.1) is 23.4 Å². The highest BCUT2D eigenvalue weighted by molar-refractivity contribution is 6.56. The van der Waals surface area contributed by atoms with Crippen molar-refractivity contribution in [2.45, 2.75) is 51.7 Å². The second-order valence-electron chi connectivity index (χ2n) is 11.6. The Morgan fingerprint density at radius 2 is 1.52 bits per heavy atom. The van der Waals surface area contributed by atoms with E-state index in [1.807, 2.05) is 58.0 Å². The van der Waals surface area contributed by atoms with Crippen LogP contribution in [0.2, 0.25) is 0 Å². The average Bonchev–Trinajstić information content (AvgIpc) is 3.39. The van der Waals surface area contributed by atoms with E-state index in [-0.39, 0.29) is 31.2 Å². The Hall–Kier alpha value is -4.08. The maximum absolute atomic E-state index is 13.0. The molecule has 218 valence electrons. The number of rotatable bonds is 8. The van der Waals surface area contributed by atoms with Crippen LogP contribution in [0.1, 0.15) is 67.6 Å². The zero-order valence-electron chi connectivity index (χ0n) is 24.7. The Bertz CT molecular complexity index is 1470. The second kappa shape index (κ2) is 11.7. The molecule has 0 spiro atoms. The van der Waals surface area contributed by atoms with E-state index >= 15 is 0 Å². The summed E-state index contributed by atoms with van der Waals surface area (Å²) >= 11 is 0. The molecule has 2 aliphatic rings. The molecule has 8 nitrogen and oxygen atoms in total. The number of carbonyl (C=O) groups excluding carboxylic acids is 2. The van der Waals surface area contributed by atoms with E-state index in [4.69, 9.17) is 24.5 Å². The van der Waals surface area contributed by atoms with Gasteiger partial charge in [-0.05, 0) is 80.0 Å². The third-order valence-corrected chi connectivity index (χ3v) is 8.26. The molecule has 3 aromatic rings. The fourth-order valence-electron chi connectivity index (χ4n) is 5.28. The van der Waals surface area contributed by atoms with Crippen molar-refractivity contribution in [3.8, 4) is 11.1 Å². The normalized spacial score (nSPS) is 17.0. The highest BCUT2D eigenvalue weighted by Gasteiger charge is 2.52. The van der Waals surface area contributed by atoms with E-state index < -0.39 is 30.4 Å². The summed E-state index contributed by atoms with van der Waals surface area (Å²) in [5.41, 5.74) is 11.4. The van der Waals surface area contributed by atoms with Gasteiger partial charge in [-0.1, -0.05) is 60.7 Å². The molecule has 0 radical (unpaired) electrons. The SMILES string of the molecule is CCOC(=O)c1cc(C=C(CNC(=O)OCC2c3ccccc3-c3ccccc32)B2OC(C)(C)C(C)(C)O2)ccc1N. The van der Waals surface area contributed by atoms with E-state index in [0.29, 0.717) is 16.7 Å². The van der Waals surface area contributed by atoms with Gasteiger partial charge >= 0.3 is 19.2 Å². The van der Waals surface area contributed by atoms with Crippen LogP contribution >= 0.6 is 0 Å². The number of alkyl carbamates (subject to hydrolysis) is 1. The van der Waals surface area contributed by atoms with E-state index in [1.165, 1.54) is 11.1 Å². The topological polar surface area (TPSA) is 109 Å². The summed E-state index contributed by atoms with van der Waals surface area (Å²) < 4.78 is 23.5. The van der Waals surface area contributed by atoms with Gasteiger partial charge in [-0.25, -0.2) is 9.59 Å². The van der Waals surface area contributed by atoms with Gasteiger partial charge in [-0.15, -0.1) is 0 Å². The van der Waals surface area contributed by atoms with Crippen molar-refractivity contribution < 1.29 is 28.4 Å². The van der Waals surface area contributed by atoms with Gasteiger partial charge in [0, 0.05) is 18.2 Å². The number of anilines is 1. The van der Waals surface area contributed by atoms with Crippen molar-refractivity contribution in [3.63, 3.8) is 0 Å². The summed E-state index contributed by atoms with van der Waals surface area (Å²) in [7, 11) is -0.729. The summed E-state index contributed by atoms with van der Waals surface area (Å²) in [6, 6.07) is 21.5. The lowest BCUT2D eigenvalue weighted by atomic mass is 9.77. The molecule has 0 atom stereocenters. The van der Waals surface area contributed by atoms with Crippen LogP contribution in [0.4, 0.5) is 10.5 Å². The van der Waals surface area contributed by atoms with Crippen molar-refractivity contribution in [3.05, 3.63) is 94.5 Å². The molecule has 42 heavy (non-hydrogen) atoms. The Morgan fingerprint density at radius 3 is 2.12 bits per heavy atom. The minimum Gasteiger partial charge on any atom is -0.462 e. The Labute approximate surface area is 247 Å². The number of nitrogen functional groups attached to an aromatic ring is 1. The van der Waals surface area contributed by atoms with E-state index in [0.717, 1.165) is 11.1 Å². The Kier molecular flexibility index (Phi) is 8.17. The molecule has 1 aliphatic heterocycles. The van der Waals surface area contributed by atoms with Crippen LogP contribution in [0.3, 0.4) is 0 Å². The highest BCUT2D eigenvalue weighted by Crippen LogP contribution is 2.44. The van der Waals surface area contributed by atoms with E-state index in [2.05, 4.69) is 29.6 Å². The van der Waals surface area contributed by atoms with Gasteiger partial charge < -0.3 is 29.8 Å². The summed E-state index contributed by atoms with van der Waals surface area (Å²) in [6.45, 7) is 10.1. The molecule has 3 N–H and O–H groups in total. The molecule has 1 amide bonds. The molecule has 0 bridgehead atoms. The standard InChI is InChI=1S/C33H37BN2O6/c1-6-39-30(37)27-18-21(15-16-29(27)35)17-22(34-41-32(2,3)33(4,5)42-34)19-36-31(38)40-20-28-25-13-9-7-11-23(25)24-12-8-10-14-26(24)28/h7-18,28H,6,19-20,35H2,1-5H3,(H,36,38). The van der Waals surface area contributed by atoms with E-state index in [1.54, 1.807) is 25.1 Å². The van der Waals surface area contributed by atoms with Crippen molar-refractivity contribution in [1.82, 2.24) is 5.32 Å². The number of ether oxygens (including phenoxy) is 2. The molecule has 1 heterocycles. The van der Waals surface area contributed by atoms with Gasteiger partial charge in [0.2, 0.25) is 0 Å².